The molecule has 0 amide bonds. The zero-order chi connectivity index (χ0) is 23.8. The molecule has 9 heteroatoms. The van der Waals surface area contributed by atoms with Gasteiger partial charge in [-0.3, -0.25) is 4.31 Å². The fraction of sp³-hybridized carbons (Fsp3) is 0.167. The van der Waals surface area contributed by atoms with Crippen molar-refractivity contribution >= 4 is 39.0 Å². The minimum Gasteiger partial charge on any atom is -0.494 e. The molecule has 5 nitrogen and oxygen atoms in total. The third-order valence-electron chi connectivity index (χ3n) is 5.25. The highest BCUT2D eigenvalue weighted by Crippen LogP contribution is 2.38. The molecule has 0 N–H and O–H groups in total. The summed E-state index contributed by atoms with van der Waals surface area (Å²) in [5.41, 5.74) is 1.81. The van der Waals surface area contributed by atoms with Gasteiger partial charge in [0, 0.05) is 11.6 Å². The second-order valence-electron chi connectivity index (χ2n) is 7.37. The summed E-state index contributed by atoms with van der Waals surface area (Å²) in [6.07, 6.45) is 1.71. The molecule has 0 aromatic heterocycles. The van der Waals surface area contributed by atoms with Gasteiger partial charge in [0.05, 0.1) is 29.3 Å². The number of nitrogens with zero attached hydrogens (tertiary/aromatic N) is 1. The van der Waals surface area contributed by atoms with E-state index in [1.807, 2.05) is 0 Å². The molecule has 0 unspecified atom stereocenters. The van der Waals surface area contributed by atoms with Crippen molar-refractivity contribution in [3.63, 3.8) is 0 Å². The van der Waals surface area contributed by atoms with Crippen molar-refractivity contribution in [3.05, 3.63) is 82.4 Å². The van der Waals surface area contributed by atoms with Gasteiger partial charge in [0.1, 0.15) is 18.2 Å². The maximum atomic E-state index is 14.3. The number of allylic oxidation sites excluding steroid dienone is 1. The molecule has 0 atom stereocenters. The van der Waals surface area contributed by atoms with E-state index in [0.29, 0.717) is 22.6 Å². The van der Waals surface area contributed by atoms with E-state index in [9.17, 15) is 17.2 Å². The summed E-state index contributed by atoms with van der Waals surface area (Å²) in [5.74, 6) is -0.892. The summed E-state index contributed by atoms with van der Waals surface area (Å²) < 4.78 is 66.7. The normalized spacial score (nSPS) is 14.0. The Kier molecular flexibility index (Phi) is 6.32. The zero-order valence-electron chi connectivity index (χ0n) is 17.8. The van der Waals surface area contributed by atoms with Gasteiger partial charge in [-0.2, -0.15) is 0 Å². The number of rotatable bonds is 5. The van der Waals surface area contributed by atoms with Crippen LogP contribution in [0.4, 0.5) is 14.5 Å². The number of methoxy groups -OCH3 is 1. The Morgan fingerprint density at radius 2 is 1.91 bits per heavy atom. The fourth-order valence-corrected chi connectivity index (χ4v) is 5.45. The fourth-order valence-electron chi connectivity index (χ4n) is 3.67. The quantitative estimate of drug-likeness (QED) is 0.425. The van der Waals surface area contributed by atoms with Crippen molar-refractivity contribution in [3.8, 4) is 11.5 Å². The first-order chi connectivity index (χ1) is 15.7. The molecule has 3 aromatic carbocycles. The van der Waals surface area contributed by atoms with Crippen LogP contribution in [0.1, 0.15) is 18.1 Å². The van der Waals surface area contributed by atoms with E-state index in [2.05, 4.69) is 0 Å². The lowest BCUT2D eigenvalue weighted by Gasteiger charge is -2.30. The number of benzene rings is 3. The van der Waals surface area contributed by atoms with Crippen molar-refractivity contribution in [2.24, 2.45) is 0 Å². The van der Waals surface area contributed by atoms with Gasteiger partial charge in [-0.25, -0.2) is 17.2 Å². The van der Waals surface area contributed by atoms with E-state index in [0.717, 1.165) is 12.1 Å². The number of sulfonamides is 1. The molecule has 3 aromatic rings. The first kappa shape index (κ1) is 23.1. The van der Waals surface area contributed by atoms with E-state index in [4.69, 9.17) is 21.1 Å². The van der Waals surface area contributed by atoms with Gasteiger partial charge < -0.3 is 9.47 Å². The smallest absolute Gasteiger partial charge is 0.264 e. The minimum atomic E-state index is -4.03. The third-order valence-corrected chi connectivity index (χ3v) is 7.38. The average Bonchev–Trinajstić information content (AvgIpc) is 2.78. The number of hydrogen-bond acceptors (Lipinski definition) is 4. The molecule has 0 saturated carbocycles. The Morgan fingerprint density at radius 3 is 2.64 bits per heavy atom. The molecule has 33 heavy (non-hydrogen) atoms. The lowest BCUT2D eigenvalue weighted by Crippen LogP contribution is -2.38. The highest BCUT2D eigenvalue weighted by Gasteiger charge is 2.31. The van der Waals surface area contributed by atoms with E-state index in [1.54, 1.807) is 37.3 Å². The van der Waals surface area contributed by atoms with Gasteiger partial charge in [0.15, 0.2) is 11.6 Å². The number of ether oxygens (including phenoxy) is 2. The van der Waals surface area contributed by atoms with Crippen LogP contribution in [0.25, 0.3) is 11.6 Å². The Hall–Kier alpha value is -3.10. The molecule has 0 spiro atoms. The highest BCUT2D eigenvalue weighted by molar-refractivity contribution is 7.92. The van der Waals surface area contributed by atoms with Gasteiger partial charge in [-0.1, -0.05) is 29.8 Å². The van der Waals surface area contributed by atoms with Gasteiger partial charge in [-0.05, 0) is 54.5 Å². The van der Waals surface area contributed by atoms with Gasteiger partial charge >= 0.3 is 0 Å². The zero-order valence-corrected chi connectivity index (χ0v) is 19.4. The summed E-state index contributed by atoms with van der Waals surface area (Å²) >= 11 is 6.17. The van der Waals surface area contributed by atoms with E-state index in [-0.39, 0.29) is 34.4 Å². The van der Waals surface area contributed by atoms with Crippen LogP contribution in [0.2, 0.25) is 5.02 Å². The van der Waals surface area contributed by atoms with E-state index < -0.39 is 21.7 Å². The third kappa shape index (κ3) is 4.41. The van der Waals surface area contributed by atoms with Crippen LogP contribution < -0.4 is 13.8 Å². The lowest BCUT2D eigenvalue weighted by molar-refractivity contribution is 0.316. The molecule has 0 radical (unpaired) electrons. The molecule has 172 valence electrons. The molecular weight excluding hydrogens is 472 g/mol. The number of anilines is 1. The van der Waals surface area contributed by atoms with Crippen molar-refractivity contribution in [1.82, 2.24) is 0 Å². The molecule has 0 aliphatic carbocycles. The van der Waals surface area contributed by atoms with Crippen LogP contribution in [0.5, 0.6) is 11.5 Å². The van der Waals surface area contributed by atoms with Crippen molar-refractivity contribution in [2.75, 3.05) is 24.6 Å². The summed E-state index contributed by atoms with van der Waals surface area (Å²) in [6, 6.07) is 12.9. The van der Waals surface area contributed by atoms with Gasteiger partial charge in [0.25, 0.3) is 10.0 Å². The topological polar surface area (TPSA) is 55.8 Å². The van der Waals surface area contributed by atoms with Crippen molar-refractivity contribution in [2.45, 2.75) is 11.8 Å². The van der Waals surface area contributed by atoms with Gasteiger partial charge in [-0.15, -0.1) is 0 Å². The predicted octanol–water partition coefficient (Wildman–Crippen LogP) is 5.78. The number of hydrogen-bond donors (Lipinski definition) is 0. The molecule has 4 rings (SSSR count). The summed E-state index contributed by atoms with van der Waals surface area (Å²) in [4.78, 5) is -0.108. The molecule has 1 aliphatic heterocycles. The first-order valence-electron chi connectivity index (χ1n) is 9.98. The van der Waals surface area contributed by atoms with Crippen LogP contribution >= 0.6 is 11.6 Å². The summed E-state index contributed by atoms with van der Waals surface area (Å²) in [6.45, 7) is 1.95. The Morgan fingerprint density at radius 1 is 1.12 bits per heavy atom. The van der Waals surface area contributed by atoms with Crippen LogP contribution in [0.3, 0.4) is 0 Å². The van der Waals surface area contributed by atoms with Crippen LogP contribution in [-0.2, 0) is 10.0 Å². The molecule has 0 bridgehead atoms. The van der Waals surface area contributed by atoms with E-state index in [1.165, 1.54) is 29.6 Å². The van der Waals surface area contributed by atoms with Crippen molar-refractivity contribution in [1.29, 1.82) is 0 Å². The maximum absolute atomic E-state index is 14.3. The average molecular weight is 492 g/mol. The number of fused-ring (bicyclic) bond motifs is 1. The number of halogens is 3. The Bertz CT molecular complexity index is 1340. The molecule has 1 aliphatic rings. The van der Waals surface area contributed by atoms with Crippen molar-refractivity contribution < 1.29 is 26.7 Å². The predicted molar refractivity (Wildman–Crippen MR) is 124 cm³/mol. The largest absolute Gasteiger partial charge is 0.494 e. The monoisotopic (exact) mass is 491 g/mol. The minimum absolute atomic E-state index is 0.0698. The SMILES string of the molecule is COc1cc(S(=O)(=O)N2CCOc3ccc(C=C(C)c4c(F)cccc4Cl)cc32)ccc1F. The van der Waals surface area contributed by atoms with E-state index >= 15 is 0 Å². The second-order valence-corrected chi connectivity index (χ2v) is 9.64. The van der Waals surface area contributed by atoms with Crippen LogP contribution in [0.15, 0.2) is 59.5 Å². The molecule has 0 fully saturated rings. The van der Waals surface area contributed by atoms with Gasteiger partial charge in [0.2, 0.25) is 0 Å². The summed E-state index contributed by atoms with van der Waals surface area (Å²) in [5, 5.41) is 0.277. The second kappa shape index (κ2) is 9.03. The lowest BCUT2D eigenvalue weighted by atomic mass is 10.0. The van der Waals surface area contributed by atoms with Crippen LogP contribution in [0, 0.1) is 11.6 Å². The highest BCUT2D eigenvalue weighted by atomic mass is 35.5. The molecule has 1 heterocycles. The van der Waals surface area contributed by atoms with Crippen LogP contribution in [-0.4, -0.2) is 28.7 Å². The molecule has 0 saturated heterocycles. The maximum Gasteiger partial charge on any atom is 0.264 e. The molecular formula is C24H20ClF2NO4S. The Labute approximate surface area is 195 Å². The summed E-state index contributed by atoms with van der Waals surface area (Å²) in [7, 11) is -2.77. The Balaban J connectivity index is 1.76. The standard InChI is InChI=1S/C24H20ClF2NO4S/c1-15(24-18(25)4-3-5-20(24)27)12-16-6-9-22-21(13-16)28(10-11-32-22)33(29,30)17-7-8-19(26)23(14-17)31-2/h3-9,12-14H,10-11H2,1-2H3. The first-order valence-corrected chi connectivity index (χ1v) is 11.8.